The predicted octanol–water partition coefficient (Wildman–Crippen LogP) is 5.67. The fourth-order valence-corrected chi connectivity index (χ4v) is 4.37. The van der Waals surface area contributed by atoms with Crippen LogP contribution in [0.2, 0.25) is 0 Å². The van der Waals surface area contributed by atoms with Crippen molar-refractivity contribution >= 4 is 65.0 Å². The zero-order chi connectivity index (χ0) is 15.3. The van der Waals surface area contributed by atoms with Crippen molar-refractivity contribution in [1.29, 1.82) is 0 Å². The first-order chi connectivity index (χ1) is 10.7. The van der Waals surface area contributed by atoms with E-state index in [4.69, 9.17) is 9.97 Å². The van der Waals surface area contributed by atoms with Crippen LogP contribution in [-0.2, 0) is 6.54 Å². The largest absolute Gasteiger partial charge is 0.323 e. The van der Waals surface area contributed by atoms with Crippen LogP contribution in [0.1, 0.15) is 13.3 Å². The number of nitrogens with zero attached hydrogens (tertiary/aromatic N) is 3. The Morgan fingerprint density at radius 1 is 1.05 bits per heavy atom. The molecule has 110 valence electrons. The quantitative estimate of drug-likeness (QED) is 0.419. The number of para-hydroxylation sites is 2. The van der Waals surface area contributed by atoms with E-state index < -0.39 is 0 Å². The molecule has 0 aliphatic carbocycles. The fraction of sp³-hybridized carbons (Fsp3) is 0.176. The maximum Gasteiger partial charge on any atom is 0.160 e. The highest BCUT2D eigenvalue weighted by molar-refractivity contribution is 9.11. The van der Waals surface area contributed by atoms with Gasteiger partial charge < -0.3 is 4.57 Å². The number of fused-ring (bicyclic) bond motifs is 4. The van der Waals surface area contributed by atoms with E-state index >= 15 is 0 Å². The second kappa shape index (κ2) is 5.32. The van der Waals surface area contributed by atoms with Crippen molar-refractivity contribution in [3.63, 3.8) is 0 Å². The van der Waals surface area contributed by atoms with Gasteiger partial charge in [-0.15, -0.1) is 0 Å². The maximum absolute atomic E-state index is 4.87. The van der Waals surface area contributed by atoms with Crippen LogP contribution in [0.5, 0.6) is 0 Å². The molecule has 0 fully saturated rings. The lowest BCUT2D eigenvalue weighted by Gasteiger charge is -2.06. The molecule has 0 atom stereocenters. The summed E-state index contributed by atoms with van der Waals surface area (Å²) in [5.74, 6) is 0. The van der Waals surface area contributed by atoms with Gasteiger partial charge in [0.2, 0.25) is 0 Å². The van der Waals surface area contributed by atoms with Crippen molar-refractivity contribution in [2.45, 2.75) is 19.9 Å². The SMILES string of the molecule is CCCn1c2nc3ccccc3nc2c2cc(Br)cc(Br)c21. The third-order valence-corrected chi connectivity index (χ3v) is 4.87. The Balaban J connectivity index is 2.25. The fourth-order valence-electron chi connectivity index (χ4n) is 2.93. The van der Waals surface area contributed by atoms with Gasteiger partial charge in [-0.25, -0.2) is 9.97 Å². The minimum absolute atomic E-state index is 0.924. The molecule has 0 N–H and O–H groups in total. The molecule has 0 amide bonds. The van der Waals surface area contributed by atoms with E-state index in [1.165, 1.54) is 0 Å². The number of halogens is 2. The van der Waals surface area contributed by atoms with Crippen molar-refractivity contribution in [1.82, 2.24) is 14.5 Å². The second-order valence-corrected chi connectivity index (χ2v) is 7.09. The summed E-state index contributed by atoms with van der Waals surface area (Å²) in [6.45, 7) is 3.10. The zero-order valence-electron chi connectivity index (χ0n) is 12.0. The number of benzene rings is 2. The van der Waals surface area contributed by atoms with Crippen molar-refractivity contribution in [2.75, 3.05) is 0 Å². The molecule has 2 heterocycles. The Labute approximate surface area is 144 Å². The van der Waals surface area contributed by atoms with E-state index in [0.717, 1.165) is 55.0 Å². The molecule has 0 saturated heterocycles. The van der Waals surface area contributed by atoms with Crippen molar-refractivity contribution < 1.29 is 0 Å². The summed E-state index contributed by atoms with van der Waals surface area (Å²) in [5.41, 5.74) is 4.95. The molecule has 0 radical (unpaired) electrons. The van der Waals surface area contributed by atoms with Crippen LogP contribution in [0.4, 0.5) is 0 Å². The van der Waals surface area contributed by atoms with Crippen molar-refractivity contribution in [2.24, 2.45) is 0 Å². The summed E-state index contributed by atoms with van der Waals surface area (Å²) in [5, 5.41) is 1.13. The van der Waals surface area contributed by atoms with Gasteiger partial charge in [0.1, 0.15) is 5.52 Å². The lowest BCUT2D eigenvalue weighted by molar-refractivity contribution is 0.717. The first kappa shape index (κ1) is 14.2. The molecular formula is C17H13Br2N3. The lowest BCUT2D eigenvalue weighted by Crippen LogP contribution is -1.99. The van der Waals surface area contributed by atoms with Gasteiger partial charge in [0.15, 0.2) is 5.65 Å². The molecule has 0 spiro atoms. The third-order valence-electron chi connectivity index (χ3n) is 3.81. The maximum atomic E-state index is 4.87. The molecule has 0 bridgehead atoms. The van der Waals surface area contributed by atoms with Crippen LogP contribution >= 0.6 is 31.9 Å². The average Bonchev–Trinajstić information content (AvgIpc) is 2.79. The van der Waals surface area contributed by atoms with E-state index in [1.54, 1.807) is 0 Å². The summed E-state index contributed by atoms with van der Waals surface area (Å²) in [4.78, 5) is 9.73. The Hall–Kier alpha value is -1.46. The van der Waals surface area contributed by atoms with Gasteiger partial charge in [0.25, 0.3) is 0 Å². The molecule has 22 heavy (non-hydrogen) atoms. The zero-order valence-corrected chi connectivity index (χ0v) is 15.1. The second-order valence-electron chi connectivity index (χ2n) is 5.32. The van der Waals surface area contributed by atoms with Gasteiger partial charge in [-0.2, -0.15) is 0 Å². The van der Waals surface area contributed by atoms with Crippen LogP contribution in [0.25, 0.3) is 33.1 Å². The third kappa shape index (κ3) is 2.07. The average molecular weight is 419 g/mol. The normalized spacial score (nSPS) is 11.8. The Morgan fingerprint density at radius 2 is 1.77 bits per heavy atom. The van der Waals surface area contributed by atoms with Gasteiger partial charge >= 0.3 is 0 Å². The monoisotopic (exact) mass is 417 g/mol. The Kier molecular flexibility index (Phi) is 3.42. The van der Waals surface area contributed by atoms with Gasteiger partial charge in [-0.3, -0.25) is 0 Å². The summed E-state index contributed by atoms with van der Waals surface area (Å²) >= 11 is 7.28. The van der Waals surface area contributed by atoms with Crippen LogP contribution in [0.15, 0.2) is 45.3 Å². The summed E-state index contributed by atoms with van der Waals surface area (Å²) < 4.78 is 4.37. The molecule has 0 unspecified atom stereocenters. The summed E-state index contributed by atoms with van der Waals surface area (Å²) in [6, 6.07) is 12.2. The summed E-state index contributed by atoms with van der Waals surface area (Å²) in [7, 11) is 0. The molecule has 4 rings (SSSR count). The van der Waals surface area contributed by atoms with Crippen LogP contribution in [0.3, 0.4) is 0 Å². The molecule has 5 heteroatoms. The van der Waals surface area contributed by atoms with Crippen LogP contribution in [-0.4, -0.2) is 14.5 Å². The van der Waals surface area contributed by atoms with Crippen molar-refractivity contribution in [3.05, 3.63) is 45.3 Å². The van der Waals surface area contributed by atoms with Gasteiger partial charge in [-0.05, 0) is 46.6 Å². The van der Waals surface area contributed by atoms with Crippen LogP contribution < -0.4 is 0 Å². The van der Waals surface area contributed by atoms with Gasteiger partial charge in [0.05, 0.1) is 16.6 Å². The van der Waals surface area contributed by atoms with E-state index in [9.17, 15) is 0 Å². The first-order valence-electron chi connectivity index (χ1n) is 7.22. The first-order valence-corrected chi connectivity index (χ1v) is 8.81. The highest BCUT2D eigenvalue weighted by Gasteiger charge is 2.16. The topological polar surface area (TPSA) is 30.7 Å². The van der Waals surface area contributed by atoms with Gasteiger partial charge in [-0.1, -0.05) is 35.0 Å². The predicted molar refractivity (Wildman–Crippen MR) is 98.2 cm³/mol. The molecule has 2 aromatic carbocycles. The van der Waals surface area contributed by atoms with E-state index in [1.807, 2.05) is 24.3 Å². The number of aromatic nitrogens is 3. The Bertz CT molecular complexity index is 1020. The van der Waals surface area contributed by atoms with Crippen molar-refractivity contribution in [3.8, 4) is 0 Å². The molecule has 0 saturated carbocycles. The molecule has 3 nitrogen and oxygen atoms in total. The smallest absolute Gasteiger partial charge is 0.160 e. The van der Waals surface area contributed by atoms with E-state index in [2.05, 4.69) is 55.5 Å². The minimum atomic E-state index is 0.924. The molecule has 2 aromatic heterocycles. The molecule has 0 aliphatic heterocycles. The number of hydrogen-bond donors (Lipinski definition) is 0. The standard InChI is InChI=1S/C17H13Br2N3/c1-2-7-22-16-11(8-10(18)9-12(16)19)15-17(22)21-14-6-4-3-5-13(14)20-15/h3-6,8-9H,2,7H2,1H3. The number of aryl methyl sites for hydroxylation is 1. The highest BCUT2D eigenvalue weighted by Crippen LogP contribution is 2.35. The Morgan fingerprint density at radius 3 is 2.50 bits per heavy atom. The molecule has 4 aromatic rings. The minimum Gasteiger partial charge on any atom is -0.323 e. The van der Waals surface area contributed by atoms with E-state index in [-0.39, 0.29) is 0 Å². The van der Waals surface area contributed by atoms with Crippen LogP contribution in [0, 0.1) is 0 Å². The number of hydrogen-bond acceptors (Lipinski definition) is 2. The molecule has 0 aliphatic rings. The van der Waals surface area contributed by atoms with Gasteiger partial charge in [0, 0.05) is 20.9 Å². The lowest BCUT2D eigenvalue weighted by atomic mass is 10.2. The van der Waals surface area contributed by atoms with E-state index in [0.29, 0.717) is 0 Å². The number of rotatable bonds is 2. The molecular weight excluding hydrogens is 406 g/mol. The highest BCUT2D eigenvalue weighted by atomic mass is 79.9. The summed E-state index contributed by atoms with van der Waals surface area (Å²) in [6.07, 6.45) is 1.05.